The zero-order chi connectivity index (χ0) is 10.8. The van der Waals surface area contributed by atoms with E-state index in [0.29, 0.717) is 5.92 Å². The van der Waals surface area contributed by atoms with E-state index in [0.717, 1.165) is 12.2 Å². The highest BCUT2D eigenvalue weighted by atomic mass is 32.2. The highest BCUT2D eigenvalue weighted by Crippen LogP contribution is 2.31. The minimum absolute atomic E-state index is 0.244. The van der Waals surface area contributed by atoms with Crippen molar-refractivity contribution < 1.29 is 0 Å². The highest BCUT2D eigenvalue weighted by Gasteiger charge is 2.16. The molecule has 0 aliphatic carbocycles. The summed E-state index contributed by atoms with van der Waals surface area (Å²) < 4.78 is 0. The molecule has 0 saturated carbocycles. The fourth-order valence-corrected chi connectivity index (χ4v) is 3.04. The van der Waals surface area contributed by atoms with Gasteiger partial charge in [0, 0.05) is 11.8 Å². The third-order valence-corrected chi connectivity index (χ3v) is 4.11. The average Bonchev–Trinajstić information content (AvgIpc) is 2.40. The second-order valence-corrected chi connectivity index (χ2v) is 5.67. The quantitative estimate of drug-likeness (QED) is 0.786. The van der Waals surface area contributed by atoms with Gasteiger partial charge in [-0.25, -0.2) is 0 Å². The van der Waals surface area contributed by atoms with Crippen LogP contribution in [0.4, 0.5) is 0 Å². The molecule has 1 heterocycles. The fraction of sp³-hybridized carbons (Fsp3) is 0.538. The monoisotopic (exact) mass is 221 g/mol. The van der Waals surface area contributed by atoms with Crippen LogP contribution in [-0.4, -0.2) is 5.75 Å². The standard InChI is InChI=1S/C13H19NS/c1-9(2)10-3-4-11-8-15-6-5-13(14)12(11)7-10/h3-4,7,9,13H,5-6,8,14H2,1-2H3/t13-/m1/s1. The summed E-state index contributed by atoms with van der Waals surface area (Å²) in [6.07, 6.45) is 1.11. The molecule has 2 rings (SSSR count). The van der Waals surface area contributed by atoms with Gasteiger partial charge in [0.2, 0.25) is 0 Å². The number of nitrogens with two attached hydrogens (primary N) is 1. The van der Waals surface area contributed by atoms with Crippen molar-refractivity contribution in [3.05, 3.63) is 34.9 Å². The minimum Gasteiger partial charge on any atom is -0.324 e. The zero-order valence-corrected chi connectivity index (χ0v) is 10.3. The van der Waals surface area contributed by atoms with Gasteiger partial charge in [-0.2, -0.15) is 11.8 Å². The van der Waals surface area contributed by atoms with Gasteiger partial charge < -0.3 is 5.73 Å². The topological polar surface area (TPSA) is 26.0 Å². The van der Waals surface area contributed by atoms with Crippen molar-refractivity contribution in [2.75, 3.05) is 5.75 Å². The SMILES string of the molecule is CC(C)c1ccc2c(c1)[C@H](N)CCSC2. The second-order valence-electron chi connectivity index (χ2n) is 4.56. The van der Waals surface area contributed by atoms with Gasteiger partial charge in [0.25, 0.3) is 0 Å². The van der Waals surface area contributed by atoms with E-state index in [1.54, 1.807) is 0 Å². The lowest BCUT2D eigenvalue weighted by Gasteiger charge is -2.15. The van der Waals surface area contributed by atoms with Gasteiger partial charge in [0.05, 0.1) is 0 Å². The van der Waals surface area contributed by atoms with Crippen LogP contribution < -0.4 is 5.73 Å². The van der Waals surface area contributed by atoms with E-state index < -0.39 is 0 Å². The average molecular weight is 221 g/mol. The lowest BCUT2D eigenvalue weighted by Crippen LogP contribution is -2.12. The van der Waals surface area contributed by atoms with Gasteiger partial charge >= 0.3 is 0 Å². The van der Waals surface area contributed by atoms with Crippen molar-refractivity contribution >= 4 is 11.8 Å². The Morgan fingerprint density at radius 2 is 2.20 bits per heavy atom. The summed E-state index contributed by atoms with van der Waals surface area (Å²) in [4.78, 5) is 0. The van der Waals surface area contributed by atoms with E-state index in [1.165, 1.54) is 22.4 Å². The van der Waals surface area contributed by atoms with Crippen LogP contribution in [0.15, 0.2) is 18.2 Å². The summed E-state index contributed by atoms with van der Waals surface area (Å²) in [7, 11) is 0. The van der Waals surface area contributed by atoms with Gasteiger partial charge in [0.1, 0.15) is 0 Å². The van der Waals surface area contributed by atoms with Crippen LogP contribution in [-0.2, 0) is 5.75 Å². The maximum absolute atomic E-state index is 6.20. The largest absolute Gasteiger partial charge is 0.324 e. The molecule has 82 valence electrons. The number of hydrogen-bond acceptors (Lipinski definition) is 2. The molecule has 0 radical (unpaired) electrons. The van der Waals surface area contributed by atoms with Crippen LogP contribution in [0, 0.1) is 0 Å². The molecular formula is C13H19NS. The van der Waals surface area contributed by atoms with Gasteiger partial charge in [-0.05, 0) is 34.8 Å². The number of rotatable bonds is 1. The maximum Gasteiger partial charge on any atom is 0.0305 e. The van der Waals surface area contributed by atoms with Gasteiger partial charge in [0.15, 0.2) is 0 Å². The van der Waals surface area contributed by atoms with E-state index in [2.05, 4.69) is 32.0 Å². The predicted octanol–water partition coefficient (Wildman–Crippen LogP) is 3.45. The van der Waals surface area contributed by atoms with E-state index in [1.807, 2.05) is 11.8 Å². The molecule has 1 aliphatic heterocycles. The minimum atomic E-state index is 0.244. The lowest BCUT2D eigenvalue weighted by atomic mass is 9.93. The molecule has 15 heavy (non-hydrogen) atoms. The Morgan fingerprint density at radius 3 is 2.93 bits per heavy atom. The summed E-state index contributed by atoms with van der Waals surface area (Å²) >= 11 is 2.00. The second kappa shape index (κ2) is 4.58. The van der Waals surface area contributed by atoms with Gasteiger partial charge in [-0.1, -0.05) is 32.0 Å². The number of hydrogen-bond donors (Lipinski definition) is 1. The zero-order valence-electron chi connectivity index (χ0n) is 9.49. The first-order chi connectivity index (χ1) is 7.18. The first-order valence-corrected chi connectivity index (χ1v) is 6.80. The molecule has 0 amide bonds. The van der Waals surface area contributed by atoms with Crippen LogP contribution >= 0.6 is 11.8 Å². The molecule has 1 aromatic carbocycles. The Hall–Kier alpha value is -0.470. The van der Waals surface area contributed by atoms with E-state index in [-0.39, 0.29) is 6.04 Å². The molecule has 2 N–H and O–H groups in total. The smallest absolute Gasteiger partial charge is 0.0305 e. The Morgan fingerprint density at radius 1 is 1.40 bits per heavy atom. The molecule has 0 saturated heterocycles. The van der Waals surface area contributed by atoms with Crippen molar-refractivity contribution in [1.29, 1.82) is 0 Å². The van der Waals surface area contributed by atoms with Crippen LogP contribution in [0.1, 0.15) is 48.9 Å². The highest BCUT2D eigenvalue weighted by molar-refractivity contribution is 7.98. The number of fused-ring (bicyclic) bond motifs is 1. The summed E-state index contributed by atoms with van der Waals surface area (Å²) in [6.45, 7) is 4.47. The third kappa shape index (κ3) is 2.37. The first-order valence-electron chi connectivity index (χ1n) is 5.64. The Kier molecular flexibility index (Phi) is 3.37. The molecule has 1 atom stereocenters. The maximum atomic E-state index is 6.20. The van der Waals surface area contributed by atoms with Crippen molar-refractivity contribution in [3.8, 4) is 0 Å². The molecule has 0 aromatic heterocycles. The molecular weight excluding hydrogens is 202 g/mol. The first kappa shape index (κ1) is 11.0. The summed E-state index contributed by atoms with van der Waals surface area (Å²) in [5.74, 6) is 2.91. The van der Waals surface area contributed by atoms with Crippen LogP contribution in [0.5, 0.6) is 0 Å². The normalized spacial score (nSPS) is 21.2. The molecule has 1 nitrogen and oxygen atoms in total. The molecule has 0 spiro atoms. The predicted molar refractivity (Wildman–Crippen MR) is 68.2 cm³/mol. The van der Waals surface area contributed by atoms with E-state index in [9.17, 15) is 0 Å². The van der Waals surface area contributed by atoms with Crippen molar-refractivity contribution in [3.63, 3.8) is 0 Å². The summed E-state index contributed by atoms with van der Waals surface area (Å²) in [5, 5.41) is 0. The number of benzene rings is 1. The molecule has 0 fully saturated rings. The van der Waals surface area contributed by atoms with Crippen molar-refractivity contribution in [1.82, 2.24) is 0 Å². The number of thioether (sulfide) groups is 1. The Labute approximate surface area is 96.4 Å². The molecule has 0 unspecified atom stereocenters. The molecule has 1 aliphatic rings. The van der Waals surface area contributed by atoms with Gasteiger partial charge in [-0.15, -0.1) is 0 Å². The molecule has 0 bridgehead atoms. The van der Waals surface area contributed by atoms with E-state index in [4.69, 9.17) is 5.73 Å². The molecule has 1 aromatic rings. The Bertz CT molecular complexity index is 346. The van der Waals surface area contributed by atoms with Crippen LogP contribution in [0.3, 0.4) is 0 Å². The van der Waals surface area contributed by atoms with Crippen LogP contribution in [0.2, 0.25) is 0 Å². The third-order valence-electron chi connectivity index (χ3n) is 3.07. The van der Waals surface area contributed by atoms with Crippen LogP contribution in [0.25, 0.3) is 0 Å². The summed E-state index contributed by atoms with van der Waals surface area (Å²) in [5.41, 5.74) is 10.4. The van der Waals surface area contributed by atoms with Crippen molar-refractivity contribution in [2.24, 2.45) is 5.73 Å². The van der Waals surface area contributed by atoms with E-state index >= 15 is 0 Å². The molecule has 2 heteroatoms. The summed E-state index contributed by atoms with van der Waals surface area (Å²) in [6, 6.07) is 7.08. The lowest BCUT2D eigenvalue weighted by molar-refractivity contribution is 0.702. The van der Waals surface area contributed by atoms with Crippen molar-refractivity contribution in [2.45, 2.75) is 38.0 Å². The van der Waals surface area contributed by atoms with Gasteiger partial charge in [-0.3, -0.25) is 0 Å². The Balaban J connectivity index is 2.39. The fourth-order valence-electron chi connectivity index (χ4n) is 2.00.